The normalized spacial score (nSPS) is 20.9. The maximum atomic E-state index is 10.8. The highest BCUT2D eigenvalue weighted by atomic mass is 35.5. The molecule has 1 aliphatic rings. The fourth-order valence-corrected chi connectivity index (χ4v) is 3.10. The summed E-state index contributed by atoms with van der Waals surface area (Å²) in [5.41, 5.74) is 1.60. The van der Waals surface area contributed by atoms with Crippen LogP contribution in [0.25, 0.3) is 0 Å². The van der Waals surface area contributed by atoms with Gasteiger partial charge in [-0.3, -0.25) is 0 Å². The van der Waals surface area contributed by atoms with Gasteiger partial charge in [0.2, 0.25) is 0 Å². The smallest absolute Gasteiger partial charge is 0.140 e. The van der Waals surface area contributed by atoms with Gasteiger partial charge in [0, 0.05) is 24.5 Å². The first kappa shape index (κ1) is 14.8. The van der Waals surface area contributed by atoms with E-state index in [4.69, 9.17) is 16.9 Å². The largest absolute Gasteiger partial charge is 0.388 e. The van der Waals surface area contributed by atoms with Crippen LogP contribution in [-0.4, -0.2) is 28.8 Å². The number of aliphatic hydroxyl groups is 1. The second kappa shape index (κ2) is 5.96. The molecule has 22 heavy (non-hydrogen) atoms. The van der Waals surface area contributed by atoms with Crippen LogP contribution in [0.5, 0.6) is 0 Å². The summed E-state index contributed by atoms with van der Waals surface area (Å²) in [7, 11) is 0. The third-order valence-corrected chi connectivity index (χ3v) is 4.22. The fourth-order valence-electron chi connectivity index (χ4n) is 2.89. The van der Waals surface area contributed by atoms with E-state index in [-0.39, 0.29) is 0 Å². The number of benzene rings is 1. The van der Waals surface area contributed by atoms with Gasteiger partial charge in [0.15, 0.2) is 0 Å². The number of hydrogen-bond acceptors (Lipinski definition) is 4. The average molecular weight is 314 g/mol. The van der Waals surface area contributed by atoms with E-state index in [9.17, 15) is 5.11 Å². The summed E-state index contributed by atoms with van der Waals surface area (Å²) in [5.74, 6) is 0. The Bertz CT molecular complexity index is 711. The zero-order valence-corrected chi connectivity index (χ0v) is 12.8. The number of hydrogen-bond donors (Lipinski definition) is 1. The van der Waals surface area contributed by atoms with Crippen LogP contribution in [-0.2, 0) is 6.42 Å². The van der Waals surface area contributed by atoms with Crippen LogP contribution in [0.2, 0.25) is 5.02 Å². The van der Waals surface area contributed by atoms with Crippen molar-refractivity contribution in [1.82, 2.24) is 4.98 Å². The third kappa shape index (κ3) is 3.22. The van der Waals surface area contributed by atoms with Gasteiger partial charge in [-0.15, -0.1) is 0 Å². The minimum atomic E-state index is -0.765. The minimum absolute atomic E-state index is 0.400. The number of β-amino-alcohol motifs (C(OH)–C–C–N with tert-alkyl or cyclic N) is 1. The van der Waals surface area contributed by atoms with Crippen LogP contribution in [0.15, 0.2) is 42.6 Å². The Morgan fingerprint density at radius 3 is 2.91 bits per heavy atom. The first-order chi connectivity index (χ1) is 10.6. The van der Waals surface area contributed by atoms with Crippen LogP contribution >= 0.6 is 11.6 Å². The maximum absolute atomic E-state index is 10.8. The van der Waals surface area contributed by atoms with Gasteiger partial charge >= 0.3 is 0 Å². The van der Waals surface area contributed by atoms with Crippen molar-refractivity contribution < 1.29 is 5.11 Å². The van der Waals surface area contributed by atoms with Gasteiger partial charge in [-0.05, 0) is 36.2 Å². The molecule has 1 aliphatic heterocycles. The molecule has 1 N–H and O–H groups in total. The van der Waals surface area contributed by atoms with Crippen LogP contribution < -0.4 is 4.90 Å². The van der Waals surface area contributed by atoms with E-state index in [0.717, 1.165) is 17.8 Å². The molecule has 4 nitrogen and oxygen atoms in total. The van der Waals surface area contributed by atoms with Crippen molar-refractivity contribution in [3.63, 3.8) is 0 Å². The van der Waals surface area contributed by atoms with Gasteiger partial charge in [-0.2, -0.15) is 5.26 Å². The van der Waals surface area contributed by atoms with E-state index in [1.54, 1.807) is 12.3 Å². The first-order valence-corrected chi connectivity index (χ1v) is 7.54. The lowest BCUT2D eigenvalue weighted by atomic mass is 9.94. The number of nitriles is 1. The lowest BCUT2D eigenvalue weighted by Crippen LogP contribution is -2.35. The summed E-state index contributed by atoms with van der Waals surface area (Å²) in [5, 5.41) is 20.3. The molecule has 1 aromatic heterocycles. The molecule has 1 saturated heterocycles. The SMILES string of the molecule is N#Cc1ccc(N2CC[C@@](O)(Cc3cccc(Cl)c3)C2)cn1. The third-order valence-electron chi connectivity index (χ3n) is 3.98. The van der Waals surface area contributed by atoms with Gasteiger partial charge in [-0.1, -0.05) is 23.7 Å². The molecule has 0 bridgehead atoms. The van der Waals surface area contributed by atoms with Crippen LogP contribution in [0.3, 0.4) is 0 Å². The molecule has 0 spiro atoms. The zero-order chi connectivity index (χ0) is 15.6. The number of pyridine rings is 1. The van der Waals surface area contributed by atoms with Crippen LogP contribution in [0, 0.1) is 11.3 Å². The first-order valence-electron chi connectivity index (χ1n) is 7.16. The monoisotopic (exact) mass is 313 g/mol. The molecule has 5 heteroatoms. The number of aromatic nitrogens is 1. The van der Waals surface area contributed by atoms with Gasteiger partial charge in [0.1, 0.15) is 11.8 Å². The molecule has 0 amide bonds. The van der Waals surface area contributed by atoms with Gasteiger partial charge in [-0.25, -0.2) is 4.98 Å². The van der Waals surface area contributed by atoms with Crippen molar-refractivity contribution in [2.45, 2.75) is 18.4 Å². The Morgan fingerprint density at radius 1 is 1.36 bits per heavy atom. The lowest BCUT2D eigenvalue weighted by molar-refractivity contribution is 0.0637. The molecule has 0 aliphatic carbocycles. The average Bonchev–Trinajstić information content (AvgIpc) is 2.89. The second-order valence-electron chi connectivity index (χ2n) is 5.72. The molecule has 0 unspecified atom stereocenters. The Morgan fingerprint density at radius 2 is 2.23 bits per heavy atom. The standard InChI is InChI=1S/C17H16ClN3O/c18-14-3-1-2-13(8-14)9-17(22)6-7-21(12-17)16-5-4-15(10-19)20-11-16/h1-5,8,11,22H,6-7,9,12H2/t17-/m1/s1. The topological polar surface area (TPSA) is 60.2 Å². The van der Waals surface area contributed by atoms with Crippen molar-refractivity contribution >= 4 is 17.3 Å². The fraction of sp³-hybridized carbons (Fsp3) is 0.294. The summed E-state index contributed by atoms with van der Waals surface area (Å²) in [6.07, 6.45) is 2.96. The molecule has 0 radical (unpaired) electrons. The number of halogens is 1. The number of nitrogens with zero attached hydrogens (tertiary/aromatic N) is 3. The molecular formula is C17H16ClN3O. The number of rotatable bonds is 3. The predicted octanol–water partition coefficient (Wildman–Crippen LogP) is 2.79. The van der Waals surface area contributed by atoms with Gasteiger partial charge in [0.25, 0.3) is 0 Å². The molecule has 2 heterocycles. The van der Waals surface area contributed by atoms with E-state index in [0.29, 0.717) is 30.1 Å². The van der Waals surface area contributed by atoms with E-state index >= 15 is 0 Å². The van der Waals surface area contributed by atoms with E-state index in [1.165, 1.54) is 0 Å². The van der Waals surface area contributed by atoms with E-state index in [1.807, 2.05) is 36.4 Å². The Kier molecular flexibility index (Phi) is 4.02. The summed E-state index contributed by atoms with van der Waals surface area (Å²) in [4.78, 5) is 6.18. The molecule has 1 fully saturated rings. The minimum Gasteiger partial charge on any atom is -0.388 e. The number of anilines is 1. The highest BCUT2D eigenvalue weighted by Gasteiger charge is 2.36. The van der Waals surface area contributed by atoms with Crippen molar-refractivity contribution in [1.29, 1.82) is 5.26 Å². The van der Waals surface area contributed by atoms with Crippen molar-refractivity contribution in [2.75, 3.05) is 18.0 Å². The zero-order valence-electron chi connectivity index (χ0n) is 12.0. The molecule has 0 saturated carbocycles. The van der Waals surface area contributed by atoms with E-state index < -0.39 is 5.60 Å². The van der Waals surface area contributed by atoms with Gasteiger partial charge in [0.05, 0.1) is 17.5 Å². The molecule has 2 aromatic rings. The summed E-state index contributed by atoms with van der Waals surface area (Å²) < 4.78 is 0. The summed E-state index contributed by atoms with van der Waals surface area (Å²) >= 11 is 6.00. The van der Waals surface area contributed by atoms with E-state index in [2.05, 4.69) is 9.88 Å². The summed E-state index contributed by atoms with van der Waals surface area (Å²) in [6.45, 7) is 1.32. The summed E-state index contributed by atoms with van der Waals surface area (Å²) in [6, 6.07) is 13.2. The highest BCUT2D eigenvalue weighted by Crippen LogP contribution is 2.29. The Labute approximate surface area is 134 Å². The maximum Gasteiger partial charge on any atom is 0.140 e. The molecule has 1 aromatic carbocycles. The molecular weight excluding hydrogens is 298 g/mol. The molecule has 112 valence electrons. The van der Waals surface area contributed by atoms with Crippen molar-refractivity contribution in [2.24, 2.45) is 0 Å². The Hall–Kier alpha value is -2.09. The Balaban J connectivity index is 1.71. The quantitative estimate of drug-likeness (QED) is 0.946. The second-order valence-corrected chi connectivity index (χ2v) is 6.15. The van der Waals surface area contributed by atoms with Crippen LogP contribution in [0.1, 0.15) is 17.7 Å². The van der Waals surface area contributed by atoms with Crippen molar-refractivity contribution in [3.8, 4) is 6.07 Å². The highest BCUT2D eigenvalue weighted by molar-refractivity contribution is 6.30. The van der Waals surface area contributed by atoms with Crippen LogP contribution in [0.4, 0.5) is 5.69 Å². The lowest BCUT2D eigenvalue weighted by Gasteiger charge is -2.24. The predicted molar refractivity (Wildman–Crippen MR) is 85.9 cm³/mol. The molecule has 3 rings (SSSR count). The van der Waals surface area contributed by atoms with Crippen molar-refractivity contribution in [3.05, 3.63) is 58.9 Å². The van der Waals surface area contributed by atoms with Gasteiger partial charge < -0.3 is 10.0 Å². The molecule has 1 atom stereocenters.